The number of hydrogen-bond donors (Lipinski definition) is 3. The third-order valence-corrected chi connectivity index (χ3v) is 6.98. The number of anilines is 2. The summed E-state index contributed by atoms with van der Waals surface area (Å²) in [6.45, 7) is 6.94. The lowest BCUT2D eigenvalue weighted by Gasteiger charge is -2.31. The Morgan fingerprint density at radius 1 is 1.09 bits per heavy atom. The molecule has 9 nitrogen and oxygen atoms in total. The zero-order valence-corrected chi connectivity index (χ0v) is 20.3. The SMILES string of the molecule is CC[C@H](C)NC(=O)c1ccc(N2CCNCC2)c(NS(=O)(=O)c2ccc(OC)c(OC)c2)c1. The van der Waals surface area contributed by atoms with E-state index >= 15 is 0 Å². The Bertz CT molecular complexity index is 1080. The second-order valence-corrected chi connectivity index (χ2v) is 9.56. The Kier molecular flexibility index (Phi) is 8.04. The number of carbonyl (C=O) groups excluding carboxylic acids is 1. The molecule has 1 heterocycles. The van der Waals surface area contributed by atoms with Crippen molar-refractivity contribution in [3.8, 4) is 11.5 Å². The van der Waals surface area contributed by atoms with Crippen molar-refractivity contribution in [2.45, 2.75) is 31.2 Å². The van der Waals surface area contributed by atoms with Gasteiger partial charge in [-0.15, -0.1) is 0 Å². The second-order valence-electron chi connectivity index (χ2n) is 7.87. The Balaban J connectivity index is 1.99. The lowest BCUT2D eigenvalue weighted by Crippen LogP contribution is -2.43. The van der Waals surface area contributed by atoms with E-state index in [1.807, 2.05) is 13.8 Å². The van der Waals surface area contributed by atoms with E-state index in [1.54, 1.807) is 24.3 Å². The third kappa shape index (κ3) is 5.88. The van der Waals surface area contributed by atoms with E-state index in [-0.39, 0.29) is 16.8 Å². The number of piperazine rings is 1. The number of nitrogens with zero attached hydrogens (tertiary/aromatic N) is 1. The maximum absolute atomic E-state index is 13.3. The summed E-state index contributed by atoms with van der Waals surface area (Å²) in [4.78, 5) is 14.8. The molecule has 2 aromatic rings. The Morgan fingerprint density at radius 3 is 2.42 bits per heavy atom. The molecule has 0 bridgehead atoms. The van der Waals surface area contributed by atoms with Crippen molar-refractivity contribution < 1.29 is 22.7 Å². The van der Waals surface area contributed by atoms with Crippen LogP contribution in [0, 0.1) is 0 Å². The van der Waals surface area contributed by atoms with Crippen LogP contribution in [0.1, 0.15) is 30.6 Å². The van der Waals surface area contributed by atoms with E-state index < -0.39 is 10.0 Å². The van der Waals surface area contributed by atoms with Crippen LogP contribution >= 0.6 is 0 Å². The van der Waals surface area contributed by atoms with Gasteiger partial charge in [0.1, 0.15) is 0 Å². The van der Waals surface area contributed by atoms with Crippen LogP contribution in [0.25, 0.3) is 0 Å². The predicted molar refractivity (Wildman–Crippen MR) is 129 cm³/mol. The van der Waals surface area contributed by atoms with E-state index in [0.29, 0.717) is 22.7 Å². The quantitative estimate of drug-likeness (QED) is 0.510. The first kappa shape index (κ1) is 24.7. The van der Waals surface area contributed by atoms with Crippen LogP contribution in [-0.2, 0) is 10.0 Å². The van der Waals surface area contributed by atoms with Crippen molar-refractivity contribution in [3.63, 3.8) is 0 Å². The standard InChI is InChI=1S/C23H32N4O5S/c1-5-16(2)25-23(28)17-6-8-20(27-12-10-24-11-13-27)19(14-17)26-33(29,30)18-7-9-21(31-3)22(15-18)32-4/h6-9,14-16,24,26H,5,10-13H2,1-4H3,(H,25,28)/t16-/m0/s1. The highest BCUT2D eigenvalue weighted by Crippen LogP contribution is 2.33. The summed E-state index contributed by atoms with van der Waals surface area (Å²) in [5.41, 5.74) is 1.46. The fourth-order valence-electron chi connectivity index (χ4n) is 3.54. The molecule has 0 saturated carbocycles. The Labute approximate surface area is 195 Å². The molecule has 33 heavy (non-hydrogen) atoms. The van der Waals surface area contributed by atoms with Crippen LogP contribution in [0.15, 0.2) is 41.3 Å². The number of benzene rings is 2. The topological polar surface area (TPSA) is 109 Å². The van der Waals surface area contributed by atoms with Gasteiger partial charge in [-0.2, -0.15) is 0 Å². The van der Waals surface area contributed by atoms with Crippen molar-refractivity contribution in [1.29, 1.82) is 0 Å². The lowest BCUT2D eigenvalue weighted by molar-refractivity contribution is 0.0939. The van der Waals surface area contributed by atoms with Crippen LogP contribution in [0.5, 0.6) is 11.5 Å². The van der Waals surface area contributed by atoms with Gasteiger partial charge in [0, 0.05) is 43.9 Å². The highest BCUT2D eigenvalue weighted by atomic mass is 32.2. The normalized spacial score (nSPS) is 15.0. The van der Waals surface area contributed by atoms with Gasteiger partial charge in [-0.25, -0.2) is 8.42 Å². The molecule has 2 aromatic carbocycles. The van der Waals surface area contributed by atoms with E-state index in [2.05, 4.69) is 20.3 Å². The van der Waals surface area contributed by atoms with E-state index in [1.165, 1.54) is 26.4 Å². The third-order valence-electron chi connectivity index (χ3n) is 5.62. The van der Waals surface area contributed by atoms with Crippen LogP contribution in [0.2, 0.25) is 0 Å². The molecule has 3 rings (SSSR count). The Hall–Kier alpha value is -2.98. The largest absolute Gasteiger partial charge is 0.493 e. The van der Waals surface area contributed by atoms with Gasteiger partial charge in [-0.1, -0.05) is 6.92 Å². The van der Waals surface area contributed by atoms with Gasteiger partial charge in [-0.05, 0) is 43.7 Å². The number of sulfonamides is 1. The van der Waals surface area contributed by atoms with Crippen LogP contribution in [0.3, 0.4) is 0 Å². The number of nitrogens with one attached hydrogen (secondary N) is 3. The molecular formula is C23H32N4O5S. The molecule has 1 saturated heterocycles. The van der Waals surface area contributed by atoms with Gasteiger partial charge in [0.2, 0.25) is 0 Å². The summed E-state index contributed by atoms with van der Waals surface area (Å²) < 4.78 is 39.7. The first-order chi connectivity index (χ1) is 15.8. The summed E-state index contributed by atoms with van der Waals surface area (Å²) in [6.07, 6.45) is 0.795. The average Bonchev–Trinajstić information content (AvgIpc) is 2.83. The minimum absolute atomic E-state index is 0.0113. The molecule has 1 atom stereocenters. The number of hydrogen-bond acceptors (Lipinski definition) is 7. The molecule has 0 unspecified atom stereocenters. The van der Waals surface area contributed by atoms with Gasteiger partial charge in [0.25, 0.3) is 15.9 Å². The van der Waals surface area contributed by atoms with Crippen molar-refractivity contribution in [2.75, 3.05) is 50.0 Å². The number of carbonyl (C=O) groups is 1. The van der Waals surface area contributed by atoms with E-state index in [0.717, 1.165) is 38.3 Å². The number of ether oxygens (including phenoxy) is 2. The molecular weight excluding hydrogens is 444 g/mol. The van der Waals surface area contributed by atoms with Crippen molar-refractivity contribution in [1.82, 2.24) is 10.6 Å². The zero-order valence-electron chi connectivity index (χ0n) is 19.5. The number of amides is 1. The first-order valence-corrected chi connectivity index (χ1v) is 12.4. The summed E-state index contributed by atoms with van der Waals surface area (Å²) in [5, 5.41) is 6.21. The van der Waals surface area contributed by atoms with Crippen LogP contribution in [-0.4, -0.2) is 60.8 Å². The van der Waals surface area contributed by atoms with Gasteiger partial charge < -0.3 is 25.0 Å². The molecule has 1 amide bonds. The van der Waals surface area contributed by atoms with Gasteiger partial charge in [0.15, 0.2) is 11.5 Å². The highest BCUT2D eigenvalue weighted by molar-refractivity contribution is 7.92. The molecule has 1 aliphatic rings. The van der Waals surface area contributed by atoms with Gasteiger partial charge in [0.05, 0.1) is 30.5 Å². The van der Waals surface area contributed by atoms with Crippen LogP contribution < -0.4 is 29.7 Å². The van der Waals surface area contributed by atoms with Crippen molar-refractivity contribution in [2.24, 2.45) is 0 Å². The lowest BCUT2D eigenvalue weighted by atomic mass is 10.1. The van der Waals surface area contributed by atoms with E-state index in [9.17, 15) is 13.2 Å². The molecule has 0 spiro atoms. The zero-order chi connectivity index (χ0) is 24.0. The van der Waals surface area contributed by atoms with Crippen molar-refractivity contribution in [3.05, 3.63) is 42.0 Å². The smallest absolute Gasteiger partial charge is 0.262 e. The van der Waals surface area contributed by atoms with Gasteiger partial charge in [-0.3, -0.25) is 9.52 Å². The molecule has 3 N–H and O–H groups in total. The highest BCUT2D eigenvalue weighted by Gasteiger charge is 2.23. The van der Waals surface area contributed by atoms with Crippen LogP contribution in [0.4, 0.5) is 11.4 Å². The summed E-state index contributed by atoms with van der Waals surface area (Å²) >= 11 is 0. The molecule has 0 radical (unpaired) electrons. The first-order valence-electron chi connectivity index (χ1n) is 10.9. The van der Waals surface area contributed by atoms with Crippen molar-refractivity contribution >= 4 is 27.3 Å². The molecule has 10 heteroatoms. The maximum atomic E-state index is 13.3. The summed E-state index contributed by atoms with van der Waals surface area (Å²) in [6, 6.07) is 9.52. The molecule has 0 aliphatic carbocycles. The average molecular weight is 477 g/mol. The summed E-state index contributed by atoms with van der Waals surface area (Å²) in [5.74, 6) is 0.494. The number of methoxy groups -OCH3 is 2. The minimum atomic E-state index is -3.96. The predicted octanol–water partition coefficient (Wildman–Crippen LogP) is 2.44. The number of rotatable bonds is 9. The van der Waals surface area contributed by atoms with E-state index in [4.69, 9.17) is 9.47 Å². The second kappa shape index (κ2) is 10.8. The maximum Gasteiger partial charge on any atom is 0.262 e. The monoisotopic (exact) mass is 476 g/mol. The fourth-order valence-corrected chi connectivity index (χ4v) is 4.62. The molecule has 1 aliphatic heterocycles. The fraction of sp³-hybridized carbons (Fsp3) is 0.435. The Morgan fingerprint density at radius 2 is 1.79 bits per heavy atom. The minimum Gasteiger partial charge on any atom is -0.493 e. The molecule has 1 fully saturated rings. The van der Waals surface area contributed by atoms with Gasteiger partial charge >= 0.3 is 0 Å². The summed E-state index contributed by atoms with van der Waals surface area (Å²) in [7, 11) is -1.03. The molecule has 180 valence electrons. The molecule has 0 aromatic heterocycles.